The molecule has 3 aromatic rings. The number of tetrazole rings is 1. The predicted molar refractivity (Wildman–Crippen MR) is 111 cm³/mol. The van der Waals surface area contributed by atoms with E-state index in [2.05, 4.69) is 37.8 Å². The first kappa shape index (κ1) is 21.9. The lowest BCUT2D eigenvalue weighted by Gasteiger charge is -2.13. The zero-order valence-electron chi connectivity index (χ0n) is 17.2. The van der Waals surface area contributed by atoms with Crippen LogP contribution in [0.15, 0.2) is 30.7 Å². The number of rotatable bonds is 11. The summed E-state index contributed by atoms with van der Waals surface area (Å²) in [5, 5.41) is 35.9. The number of carboxylic acid groups (broad SMARTS) is 1. The first-order chi connectivity index (χ1) is 15.0. The molecule has 1 atom stereocenters. The first-order valence-electron chi connectivity index (χ1n) is 10.1. The molecule has 2 heterocycles. The molecule has 0 saturated heterocycles. The second-order valence-corrected chi connectivity index (χ2v) is 7.17. The summed E-state index contributed by atoms with van der Waals surface area (Å²) in [6.07, 6.45) is 7.40. The fourth-order valence-corrected chi connectivity index (χ4v) is 3.31. The fourth-order valence-electron chi connectivity index (χ4n) is 3.31. The van der Waals surface area contributed by atoms with Crippen LogP contribution in [0.2, 0.25) is 0 Å². The van der Waals surface area contributed by atoms with Gasteiger partial charge in [-0.25, -0.2) is 9.78 Å². The van der Waals surface area contributed by atoms with Crippen LogP contribution in [0.1, 0.15) is 66.8 Å². The number of imidazole rings is 1. The lowest BCUT2D eigenvalue weighted by atomic mass is 10.0. The number of hydrogen-bond acceptors (Lipinski definition) is 7. The second-order valence-electron chi connectivity index (χ2n) is 7.17. The summed E-state index contributed by atoms with van der Waals surface area (Å²) < 4.78 is 1.49. The van der Waals surface area contributed by atoms with Gasteiger partial charge in [0.15, 0.2) is 11.6 Å². The Morgan fingerprint density at radius 3 is 2.81 bits per heavy atom. The van der Waals surface area contributed by atoms with Gasteiger partial charge in [0.25, 0.3) is 5.91 Å². The molecule has 31 heavy (non-hydrogen) atoms. The Morgan fingerprint density at radius 2 is 2.10 bits per heavy atom. The van der Waals surface area contributed by atoms with Crippen LogP contribution in [-0.4, -0.2) is 52.3 Å². The molecule has 11 heteroatoms. The Kier molecular flexibility index (Phi) is 7.31. The number of carboxylic acids is 1. The second kappa shape index (κ2) is 10.3. The summed E-state index contributed by atoms with van der Waals surface area (Å²) >= 11 is 0. The van der Waals surface area contributed by atoms with Crippen molar-refractivity contribution >= 4 is 17.7 Å². The molecule has 1 amide bonds. The normalized spacial score (nSPS) is 11.9. The van der Waals surface area contributed by atoms with Crippen molar-refractivity contribution in [2.24, 2.45) is 0 Å². The fraction of sp³-hybridized carbons (Fsp3) is 0.400. The van der Waals surface area contributed by atoms with E-state index in [0.29, 0.717) is 17.8 Å². The number of H-pyrrole nitrogens is 1. The number of phenolic OH excluding ortho intramolecular Hbond substituents is 1. The van der Waals surface area contributed by atoms with Crippen LogP contribution in [0.5, 0.6) is 5.75 Å². The van der Waals surface area contributed by atoms with Crippen molar-refractivity contribution in [1.29, 1.82) is 0 Å². The third-order valence-electron chi connectivity index (χ3n) is 4.94. The molecular formula is C20H25N7O4. The molecule has 0 radical (unpaired) electrons. The topological polar surface area (TPSA) is 159 Å². The largest absolute Gasteiger partial charge is 0.508 e. The molecule has 1 unspecified atom stereocenters. The van der Waals surface area contributed by atoms with Crippen molar-refractivity contribution in [3.8, 4) is 5.75 Å². The van der Waals surface area contributed by atoms with Crippen molar-refractivity contribution in [2.75, 3.05) is 5.32 Å². The number of unbranched alkanes of at least 4 members (excludes halogenated alkanes) is 3. The average Bonchev–Trinajstić information content (AvgIpc) is 3.41. The molecule has 0 bridgehead atoms. The minimum absolute atomic E-state index is 0.0685. The van der Waals surface area contributed by atoms with Gasteiger partial charge in [0.2, 0.25) is 0 Å². The molecule has 2 aromatic heterocycles. The number of carbonyl (C=O) groups excluding carboxylic acids is 1. The van der Waals surface area contributed by atoms with Gasteiger partial charge in [-0.15, -0.1) is 10.2 Å². The standard InChI is InChI=1S/C20H25N7O4/c1-2-3-4-5-8-15(20(30)31)27-11-18(21-12-27)22-19(29)13-7-6-9-16(28)14(13)10-17-23-25-26-24-17/h6-7,9,11-12,15,28H,2-5,8,10H2,1H3,(H,22,29)(H,30,31)(H,23,24,25,26). The summed E-state index contributed by atoms with van der Waals surface area (Å²) in [6.45, 7) is 2.10. The third kappa shape index (κ3) is 5.65. The highest BCUT2D eigenvalue weighted by Gasteiger charge is 2.21. The minimum atomic E-state index is -0.942. The molecule has 0 aliphatic carbocycles. The molecule has 164 valence electrons. The number of aromatic nitrogens is 6. The number of phenols is 1. The molecule has 3 rings (SSSR count). The van der Waals surface area contributed by atoms with Gasteiger partial charge >= 0.3 is 5.97 Å². The third-order valence-corrected chi connectivity index (χ3v) is 4.94. The van der Waals surface area contributed by atoms with Crippen molar-refractivity contribution in [3.63, 3.8) is 0 Å². The summed E-state index contributed by atoms with van der Waals surface area (Å²) in [7, 11) is 0. The number of nitrogens with zero attached hydrogens (tertiary/aromatic N) is 5. The monoisotopic (exact) mass is 427 g/mol. The van der Waals surface area contributed by atoms with E-state index in [1.807, 2.05) is 0 Å². The SMILES string of the molecule is CCCCCCC(C(=O)O)n1cnc(NC(=O)c2cccc(O)c2Cc2nn[nH]n2)c1. The van der Waals surface area contributed by atoms with Crippen LogP contribution in [0, 0.1) is 0 Å². The Bertz CT molecular complexity index is 1020. The molecular weight excluding hydrogens is 402 g/mol. The maximum atomic E-state index is 12.8. The van der Waals surface area contributed by atoms with Crippen LogP contribution in [0.4, 0.5) is 5.82 Å². The lowest BCUT2D eigenvalue weighted by molar-refractivity contribution is -0.141. The van der Waals surface area contributed by atoms with Gasteiger partial charge in [-0.2, -0.15) is 5.21 Å². The number of nitrogens with one attached hydrogen (secondary N) is 2. The highest BCUT2D eigenvalue weighted by Crippen LogP contribution is 2.24. The molecule has 0 fully saturated rings. The maximum Gasteiger partial charge on any atom is 0.326 e. The minimum Gasteiger partial charge on any atom is -0.508 e. The Morgan fingerprint density at radius 1 is 1.26 bits per heavy atom. The average molecular weight is 427 g/mol. The van der Waals surface area contributed by atoms with Crippen molar-refractivity contribution in [2.45, 2.75) is 51.5 Å². The number of amides is 1. The number of aromatic amines is 1. The molecule has 1 aromatic carbocycles. The van der Waals surface area contributed by atoms with Crippen molar-refractivity contribution in [1.82, 2.24) is 30.2 Å². The first-order valence-corrected chi connectivity index (χ1v) is 10.1. The Labute approximate surface area is 178 Å². The van der Waals surface area contributed by atoms with E-state index < -0.39 is 17.9 Å². The maximum absolute atomic E-state index is 12.8. The molecule has 0 spiro atoms. The van der Waals surface area contributed by atoms with Gasteiger partial charge in [-0.3, -0.25) is 4.79 Å². The van der Waals surface area contributed by atoms with Gasteiger partial charge in [0.05, 0.1) is 6.33 Å². The van der Waals surface area contributed by atoms with E-state index in [-0.39, 0.29) is 23.6 Å². The number of anilines is 1. The summed E-state index contributed by atoms with van der Waals surface area (Å²) in [6, 6.07) is 3.84. The van der Waals surface area contributed by atoms with E-state index in [4.69, 9.17) is 0 Å². The van der Waals surface area contributed by atoms with E-state index in [0.717, 1.165) is 25.7 Å². The van der Waals surface area contributed by atoms with Crippen LogP contribution in [0.3, 0.4) is 0 Å². The number of aliphatic carboxylic acids is 1. The van der Waals surface area contributed by atoms with E-state index in [1.54, 1.807) is 12.1 Å². The van der Waals surface area contributed by atoms with Crippen LogP contribution >= 0.6 is 0 Å². The van der Waals surface area contributed by atoms with Gasteiger partial charge < -0.3 is 20.1 Å². The number of hydrogen-bond donors (Lipinski definition) is 4. The zero-order chi connectivity index (χ0) is 22.2. The molecule has 11 nitrogen and oxygen atoms in total. The summed E-state index contributed by atoms with van der Waals surface area (Å²) in [5.41, 5.74) is 0.578. The predicted octanol–water partition coefficient (Wildman–Crippen LogP) is 2.54. The smallest absolute Gasteiger partial charge is 0.326 e. The quantitative estimate of drug-likeness (QED) is 0.340. The molecule has 0 aliphatic rings. The molecule has 0 saturated carbocycles. The summed E-state index contributed by atoms with van der Waals surface area (Å²) in [4.78, 5) is 28.6. The van der Waals surface area contributed by atoms with Gasteiger partial charge in [0, 0.05) is 23.7 Å². The number of aromatic hydroxyl groups is 1. The van der Waals surface area contributed by atoms with Crippen LogP contribution < -0.4 is 5.32 Å². The Hall–Kier alpha value is -3.76. The molecule has 0 aliphatic heterocycles. The van der Waals surface area contributed by atoms with E-state index in [1.165, 1.54) is 23.2 Å². The Balaban J connectivity index is 1.72. The van der Waals surface area contributed by atoms with Gasteiger partial charge in [-0.05, 0) is 18.6 Å². The number of carbonyl (C=O) groups is 2. The summed E-state index contributed by atoms with van der Waals surface area (Å²) in [5.74, 6) is -0.955. The van der Waals surface area contributed by atoms with Gasteiger partial charge in [0.1, 0.15) is 11.8 Å². The van der Waals surface area contributed by atoms with E-state index >= 15 is 0 Å². The zero-order valence-corrected chi connectivity index (χ0v) is 17.2. The number of benzene rings is 1. The van der Waals surface area contributed by atoms with Crippen molar-refractivity contribution in [3.05, 3.63) is 47.7 Å². The van der Waals surface area contributed by atoms with Crippen LogP contribution in [0.25, 0.3) is 0 Å². The van der Waals surface area contributed by atoms with E-state index in [9.17, 15) is 19.8 Å². The van der Waals surface area contributed by atoms with Crippen molar-refractivity contribution < 1.29 is 19.8 Å². The highest BCUT2D eigenvalue weighted by molar-refractivity contribution is 6.05. The lowest BCUT2D eigenvalue weighted by Crippen LogP contribution is -2.18. The highest BCUT2D eigenvalue weighted by atomic mass is 16.4. The van der Waals surface area contributed by atoms with Crippen LogP contribution in [-0.2, 0) is 11.2 Å². The molecule has 4 N–H and O–H groups in total. The van der Waals surface area contributed by atoms with Gasteiger partial charge in [-0.1, -0.05) is 43.9 Å².